The number of hydrogen-bond donors (Lipinski definition) is 0. The van der Waals surface area contributed by atoms with E-state index in [-0.39, 0.29) is 0 Å². The van der Waals surface area contributed by atoms with Crippen molar-refractivity contribution in [3.8, 4) is 0 Å². The summed E-state index contributed by atoms with van der Waals surface area (Å²) in [5.74, 6) is 0.764. The van der Waals surface area contributed by atoms with Crippen LogP contribution in [0.4, 0.5) is 0 Å². The lowest BCUT2D eigenvalue weighted by molar-refractivity contribution is 0.620. The molecule has 1 aromatic carbocycles. The predicted molar refractivity (Wildman–Crippen MR) is 53.0 cm³/mol. The highest BCUT2D eigenvalue weighted by Crippen LogP contribution is 2.23. The van der Waals surface area contributed by atoms with Crippen LogP contribution in [0.25, 0.3) is 6.08 Å². The van der Waals surface area contributed by atoms with Gasteiger partial charge < -0.3 is 0 Å². The van der Waals surface area contributed by atoms with Gasteiger partial charge >= 0.3 is 0 Å². The fourth-order valence-corrected chi connectivity index (χ4v) is 1.75. The maximum Gasteiger partial charge on any atom is -0.0192 e. The summed E-state index contributed by atoms with van der Waals surface area (Å²) in [6.07, 6.45) is 7.07. The van der Waals surface area contributed by atoms with Crippen molar-refractivity contribution >= 4 is 6.08 Å². The highest BCUT2D eigenvalue weighted by atomic mass is 14.1. The van der Waals surface area contributed by atoms with Crippen LogP contribution in [0.5, 0.6) is 0 Å². The van der Waals surface area contributed by atoms with Crippen LogP contribution < -0.4 is 0 Å². The van der Waals surface area contributed by atoms with Crippen LogP contribution in [0, 0.1) is 5.92 Å². The molecule has 1 aromatic rings. The van der Waals surface area contributed by atoms with E-state index in [0.29, 0.717) is 0 Å². The Labute approximate surface area is 73.9 Å². The average Bonchev–Trinajstić information content (AvgIpc) is 2.17. The van der Waals surface area contributed by atoms with E-state index in [4.69, 9.17) is 0 Å². The summed E-state index contributed by atoms with van der Waals surface area (Å²) in [6.45, 7) is 2.25. The van der Waals surface area contributed by atoms with Gasteiger partial charge in [-0.3, -0.25) is 0 Å². The number of benzene rings is 1. The normalized spacial score (nSPS) is 20.6. The number of rotatable bonds is 1. The number of allylic oxidation sites excluding steroid dienone is 1. The molecule has 1 atom stereocenters. The minimum Gasteiger partial charge on any atom is -0.0805 e. The lowest BCUT2D eigenvalue weighted by Gasteiger charge is -2.17. The maximum absolute atomic E-state index is 2.34. The summed E-state index contributed by atoms with van der Waals surface area (Å²) in [6, 6.07) is 8.67. The average molecular weight is 158 g/mol. The second-order valence-electron chi connectivity index (χ2n) is 3.43. The third-order valence-electron chi connectivity index (χ3n) is 2.61. The molecule has 1 aliphatic rings. The maximum atomic E-state index is 2.34. The molecule has 0 aromatic heterocycles. The highest BCUT2D eigenvalue weighted by molar-refractivity contribution is 5.56. The minimum absolute atomic E-state index is 0.764. The molecule has 0 fully saturated rings. The molecule has 12 heavy (non-hydrogen) atoms. The fraction of sp³-hybridized carbons (Fsp3) is 0.333. The number of fused-ring (bicyclic) bond motifs is 1. The SMILES string of the molecule is CCC1C=Cc2ccccc2C1. The van der Waals surface area contributed by atoms with Crippen molar-refractivity contribution in [2.75, 3.05) is 0 Å². The predicted octanol–water partition coefficient (Wildman–Crippen LogP) is 3.28. The van der Waals surface area contributed by atoms with E-state index in [2.05, 4.69) is 43.3 Å². The van der Waals surface area contributed by atoms with Gasteiger partial charge in [0.25, 0.3) is 0 Å². The van der Waals surface area contributed by atoms with Crippen molar-refractivity contribution in [2.45, 2.75) is 19.8 Å². The van der Waals surface area contributed by atoms with E-state index >= 15 is 0 Å². The smallest absolute Gasteiger partial charge is 0.0192 e. The van der Waals surface area contributed by atoms with E-state index in [9.17, 15) is 0 Å². The van der Waals surface area contributed by atoms with Crippen molar-refractivity contribution in [3.05, 3.63) is 41.5 Å². The second kappa shape index (κ2) is 3.14. The topological polar surface area (TPSA) is 0 Å². The molecule has 0 aliphatic heterocycles. The molecule has 1 unspecified atom stereocenters. The van der Waals surface area contributed by atoms with Gasteiger partial charge in [-0.1, -0.05) is 43.3 Å². The Hall–Kier alpha value is -1.04. The summed E-state index contributed by atoms with van der Waals surface area (Å²) in [4.78, 5) is 0. The first-order valence-electron chi connectivity index (χ1n) is 4.66. The van der Waals surface area contributed by atoms with Gasteiger partial charge in [-0.05, 0) is 29.9 Å². The van der Waals surface area contributed by atoms with Gasteiger partial charge in [0.1, 0.15) is 0 Å². The van der Waals surface area contributed by atoms with Crippen LogP contribution in [0.2, 0.25) is 0 Å². The van der Waals surface area contributed by atoms with Crippen LogP contribution in [0.3, 0.4) is 0 Å². The highest BCUT2D eigenvalue weighted by Gasteiger charge is 2.10. The fourth-order valence-electron chi connectivity index (χ4n) is 1.75. The van der Waals surface area contributed by atoms with Crippen molar-refractivity contribution in [3.63, 3.8) is 0 Å². The molecule has 0 saturated carbocycles. The quantitative estimate of drug-likeness (QED) is 0.588. The van der Waals surface area contributed by atoms with Crippen LogP contribution in [-0.2, 0) is 6.42 Å². The summed E-state index contributed by atoms with van der Waals surface area (Å²) in [5.41, 5.74) is 2.91. The molecular weight excluding hydrogens is 144 g/mol. The Morgan fingerprint density at radius 1 is 1.33 bits per heavy atom. The van der Waals surface area contributed by atoms with Crippen molar-refractivity contribution in [1.82, 2.24) is 0 Å². The second-order valence-corrected chi connectivity index (χ2v) is 3.43. The third kappa shape index (κ3) is 1.29. The number of hydrogen-bond acceptors (Lipinski definition) is 0. The van der Waals surface area contributed by atoms with E-state index < -0.39 is 0 Å². The molecule has 0 saturated heterocycles. The Kier molecular flexibility index (Phi) is 1.99. The van der Waals surface area contributed by atoms with Gasteiger partial charge in [-0.2, -0.15) is 0 Å². The molecule has 2 rings (SSSR count). The molecule has 0 N–H and O–H groups in total. The van der Waals surface area contributed by atoms with Gasteiger partial charge in [0.2, 0.25) is 0 Å². The first-order chi connectivity index (χ1) is 5.90. The van der Waals surface area contributed by atoms with E-state index in [1.54, 1.807) is 0 Å². The molecule has 0 radical (unpaired) electrons. The van der Waals surface area contributed by atoms with Gasteiger partial charge in [-0.25, -0.2) is 0 Å². The molecule has 0 bridgehead atoms. The lowest BCUT2D eigenvalue weighted by atomic mass is 9.88. The molecule has 0 heterocycles. The summed E-state index contributed by atoms with van der Waals surface area (Å²) in [7, 11) is 0. The molecule has 0 nitrogen and oxygen atoms in total. The van der Waals surface area contributed by atoms with E-state index in [1.165, 1.54) is 24.0 Å². The van der Waals surface area contributed by atoms with Crippen molar-refractivity contribution in [2.24, 2.45) is 5.92 Å². The van der Waals surface area contributed by atoms with Gasteiger partial charge in [0.15, 0.2) is 0 Å². The first-order valence-corrected chi connectivity index (χ1v) is 4.66. The lowest BCUT2D eigenvalue weighted by Crippen LogP contribution is -2.05. The Balaban J connectivity index is 2.33. The Morgan fingerprint density at radius 2 is 2.17 bits per heavy atom. The van der Waals surface area contributed by atoms with E-state index in [0.717, 1.165) is 5.92 Å². The van der Waals surface area contributed by atoms with Gasteiger partial charge in [-0.15, -0.1) is 0 Å². The zero-order valence-corrected chi connectivity index (χ0v) is 7.46. The molecule has 1 aliphatic carbocycles. The first kappa shape index (κ1) is 7.60. The minimum atomic E-state index is 0.764. The zero-order chi connectivity index (χ0) is 8.39. The van der Waals surface area contributed by atoms with E-state index in [1.807, 2.05) is 0 Å². The Bertz CT molecular complexity index is 297. The van der Waals surface area contributed by atoms with Crippen LogP contribution in [0.1, 0.15) is 24.5 Å². The molecule has 0 heteroatoms. The standard InChI is InChI=1S/C12H14/c1-2-10-7-8-11-5-3-4-6-12(11)9-10/h3-8,10H,2,9H2,1H3. The van der Waals surface area contributed by atoms with Crippen LogP contribution >= 0.6 is 0 Å². The van der Waals surface area contributed by atoms with Crippen LogP contribution in [0.15, 0.2) is 30.3 Å². The van der Waals surface area contributed by atoms with Crippen molar-refractivity contribution < 1.29 is 0 Å². The van der Waals surface area contributed by atoms with Crippen molar-refractivity contribution in [1.29, 1.82) is 0 Å². The Morgan fingerprint density at radius 3 is 3.00 bits per heavy atom. The summed E-state index contributed by atoms with van der Waals surface area (Å²) < 4.78 is 0. The summed E-state index contributed by atoms with van der Waals surface area (Å²) in [5, 5.41) is 0. The molecule has 0 spiro atoms. The largest absolute Gasteiger partial charge is 0.0805 e. The monoisotopic (exact) mass is 158 g/mol. The van der Waals surface area contributed by atoms with Crippen LogP contribution in [-0.4, -0.2) is 0 Å². The van der Waals surface area contributed by atoms with Gasteiger partial charge in [0, 0.05) is 0 Å². The zero-order valence-electron chi connectivity index (χ0n) is 7.46. The summed E-state index contributed by atoms with van der Waals surface area (Å²) >= 11 is 0. The molecular formula is C12H14. The third-order valence-corrected chi connectivity index (χ3v) is 2.61. The van der Waals surface area contributed by atoms with Gasteiger partial charge in [0.05, 0.1) is 0 Å². The molecule has 0 amide bonds. The molecule has 62 valence electrons.